The second-order valence-corrected chi connectivity index (χ2v) is 6.36. The molecule has 1 N–H and O–H groups in total. The Morgan fingerprint density at radius 3 is 2.48 bits per heavy atom. The molecule has 3 aromatic carbocycles. The number of hydrogen-bond donors (Lipinski definition) is 1. The molecule has 0 aliphatic heterocycles. The lowest BCUT2D eigenvalue weighted by Gasteiger charge is -2.12. The summed E-state index contributed by atoms with van der Waals surface area (Å²) in [5.41, 5.74) is 4.07. The van der Waals surface area contributed by atoms with Crippen molar-refractivity contribution in [3.63, 3.8) is 0 Å². The topological polar surface area (TPSA) is 47.0 Å². The average molecular weight is 355 g/mol. The van der Waals surface area contributed by atoms with Gasteiger partial charge in [-0.2, -0.15) is 0 Å². The normalized spacial score (nSPS) is 10.7. The van der Waals surface area contributed by atoms with E-state index in [1.54, 1.807) is 0 Å². The van der Waals surface area contributed by atoms with Gasteiger partial charge in [0, 0.05) is 16.6 Å². The smallest absolute Gasteiger partial charge is 0.162 e. The third-order valence-corrected chi connectivity index (χ3v) is 4.31. The summed E-state index contributed by atoms with van der Waals surface area (Å²) in [6, 6.07) is 24.2. The number of aromatic nitrogens is 2. The zero-order valence-corrected chi connectivity index (χ0v) is 15.4. The summed E-state index contributed by atoms with van der Waals surface area (Å²) in [4.78, 5) is 9.57. The minimum absolute atomic E-state index is 0.656. The maximum Gasteiger partial charge on any atom is 0.162 e. The standard InChI is InChI=1S/C23H21N3O/c1-3-27-19-13-11-18(12-14-19)24-23-20-9-4-5-10-21(20)25-22(26-23)17-8-6-7-16(2)15-17/h4-15H,3H2,1-2H3,(H,24,25,26). The van der Waals surface area contributed by atoms with Crippen LogP contribution in [0.15, 0.2) is 72.8 Å². The van der Waals surface area contributed by atoms with Crippen molar-refractivity contribution in [2.45, 2.75) is 13.8 Å². The van der Waals surface area contributed by atoms with Gasteiger partial charge in [-0.3, -0.25) is 0 Å². The highest BCUT2D eigenvalue weighted by molar-refractivity contribution is 5.92. The van der Waals surface area contributed by atoms with Crippen LogP contribution in [0.25, 0.3) is 22.3 Å². The largest absolute Gasteiger partial charge is 0.494 e. The monoisotopic (exact) mass is 355 g/mol. The van der Waals surface area contributed by atoms with Crippen LogP contribution < -0.4 is 10.1 Å². The number of nitrogens with zero attached hydrogens (tertiary/aromatic N) is 2. The Morgan fingerprint density at radius 2 is 1.70 bits per heavy atom. The molecule has 1 aromatic heterocycles. The number of benzene rings is 3. The number of fused-ring (bicyclic) bond motifs is 1. The fraction of sp³-hybridized carbons (Fsp3) is 0.130. The van der Waals surface area contributed by atoms with Gasteiger partial charge < -0.3 is 10.1 Å². The molecule has 0 saturated carbocycles. The quantitative estimate of drug-likeness (QED) is 0.495. The Bertz CT molecular complexity index is 1070. The molecule has 0 amide bonds. The van der Waals surface area contributed by atoms with E-state index >= 15 is 0 Å². The van der Waals surface area contributed by atoms with Gasteiger partial charge in [-0.15, -0.1) is 0 Å². The summed E-state index contributed by atoms with van der Waals surface area (Å²) in [7, 11) is 0. The van der Waals surface area contributed by atoms with Gasteiger partial charge in [0.25, 0.3) is 0 Å². The lowest BCUT2D eigenvalue weighted by Crippen LogP contribution is -1.99. The van der Waals surface area contributed by atoms with Gasteiger partial charge in [0.05, 0.1) is 12.1 Å². The highest BCUT2D eigenvalue weighted by Crippen LogP contribution is 2.28. The number of ether oxygens (including phenoxy) is 1. The number of hydrogen-bond acceptors (Lipinski definition) is 4. The van der Waals surface area contributed by atoms with Crippen molar-refractivity contribution in [3.8, 4) is 17.1 Å². The first-order chi connectivity index (χ1) is 13.2. The molecule has 0 fully saturated rings. The molecule has 0 radical (unpaired) electrons. The second-order valence-electron chi connectivity index (χ2n) is 6.36. The highest BCUT2D eigenvalue weighted by atomic mass is 16.5. The first-order valence-corrected chi connectivity index (χ1v) is 9.06. The third kappa shape index (κ3) is 3.75. The van der Waals surface area contributed by atoms with E-state index in [4.69, 9.17) is 14.7 Å². The SMILES string of the molecule is CCOc1ccc(Nc2nc(-c3cccc(C)c3)nc3ccccc23)cc1. The molecule has 1 heterocycles. The minimum atomic E-state index is 0.656. The fourth-order valence-electron chi connectivity index (χ4n) is 3.02. The molecule has 4 heteroatoms. The van der Waals surface area contributed by atoms with Crippen molar-refractivity contribution < 1.29 is 4.74 Å². The van der Waals surface area contributed by atoms with Gasteiger partial charge in [-0.25, -0.2) is 9.97 Å². The van der Waals surface area contributed by atoms with Crippen molar-refractivity contribution in [1.82, 2.24) is 9.97 Å². The van der Waals surface area contributed by atoms with Gasteiger partial charge in [0.15, 0.2) is 5.82 Å². The minimum Gasteiger partial charge on any atom is -0.494 e. The second kappa shape index (κ2) is 7.46. The third-order valence-electron chi connectivity index (χ3n) is 4.31. The maximum absolute atomic E-state index is 5.52. The summed E-state index contributed by atoms with van der Waals surface area (Å²) in [6.07, 6.45) is 0. The van der Waals surface area contributed by atoms with Gasteiger partial charge >= 0.3 is 0 Å². The van der Waals surface area contributed by atoms with Crippen LogP contribution in [0.3, 0.4) is 0 Å². The summed E-state index contributed by atoms with van der Waals surface area (Å²) >= 11 is 0. The summed E-state index contributed by atoms with van der Waals surface area (Å²) in [6.45, 7) is 4.71. The molecule has 0 aliphatic carbocycles. The number of anilines is 2. The maximum atomic E-state index is 5.52. The van der Waals surface area contributed by atoms with Crippen molar-refractivity contribution in [1.29, 1.82) is 0 Å². The van der Waals surface area contributed by atoms with Crippen molar-refractivity contribution in [3.05, 3.63) is 78.4 Å². The van der Waals surface area contributed by atoms with Gasteiger partial charge in [-0.1, -0.05) is 35.9 Å². The molecular weight excluding hydrogens is 334 g/mol. The molecule has 0 aliphatic rings. The lowest BCUT2D eigenvalue weighted by molar-refractivity contribution is 0.340. The molecule has 0 bridgehead atoms. The van der Waals surface area contributed by atoms with Gasteiger partial charge in [0.1, 0.15) is 11.6 Å². The van der Waals surface area contributed by atoms with E-state index in [9.17, 15) is 0 Å². The van der Waals surface area contributed by atoms with Crippen LogP contribution in [0.1, 0.15) is 12.5 Å². The van der Waals surface area contributed by atoms with E-state index in [0.717, 1.165) is 33.7 Å². The van der Waals surface area contributed by atoms with E-state index in [1.807, 2.05) is 67.6 Å². The van der Waals surface area contributed by atoms with E-state index in [-0.39, 0.29) is 0 Å². The molecule has 0 spiro atoms. The van der Waals surface area contributed by atoms with E-state index in [2.05, 4.69) is 24.4 Å². The van der Waals surface area contributed by atoms with Crippen LogP contribution in [-0.2, 0) is 0 Å². The molecule has 0 atom stereocenters. The predicted molar refractivity (Wildman–Crippen MR) is 111 cm³/mol. The molecule has 0 unspecified atom stereocenters. The Hall–Kier alpha value is -3.40. The molecule has 0 saturated heterocycles. The molecule has 4 rings (SSSR count). The predicted octanol–water partition coefficient (Wildman–Crippen LogP) is 5.75. The number of para-hydroxylation sites is 1. The molecule has 134 valence electrons. The van der Waals surface area contributed by atoms with Crippen LogP contribution in [0.4, 0.5) is 11.5 Å². The molecular formula is C23H21N3O. The summed E-state index contributed by atoms with van der Waals surface area (Å²) < 4.78 is 5.52. The molecule has 27 heavy (non-hydrogen) atoms. The van der Waals surface area contributed by atoms with E-state index < -0.39 is 0 Å². The zero-order chi connectivity index (χ0) is 18.6. The van der Waals surface area contributed by atoms with Crippen LogP contribution >= 0.6 is 0 Å². The Labute approximate surface area is 158 Å². The first-order valence-electron chi connectivity index (χ1n) is 9.06. The van der Waals surface area contributed by atoms with E-state index in [0.29, 0.717) is 12.4 Å². The van der Waals surface area contributed by atoms with Crippen LogP contribution in [0.5, 0.6) is 5.75 Å². The number of aryl methyl sites for hydroxylation is 1. The molecule has 4 aromatic rings. The van der Waals surface area contributed by atoms with E-state index in [1.165, 1.54) is 5.56 Å². The zero-order valence-electron chi connectivity index (χ0n) is 15.4. The van der Waals surface area contributed by atoms with Crippen molar-refractivity contribution in [2.75, 3.05) is 11.9 Å². The first kappa shape index (κ1) is 17.0. The van der Waals surface area contributed by atoms with Gasteiger partial charge in [-0.05, 0) is 56.3 Å². The number of rotatable bonds is 5. The Kier molecular flexibility index (Phi) is 4.71. The van der Waals surface area contributed by atoms with Crippen LogP contribution in [-0.4, -0.2) is 16.6 Å². The van der Waals surface area contributed by atoms with Crippen molar-refractivity contribution in [2.24, 2.45) is 0 Å². The summed E-state index contributed by atoms with van der Waals surface area (Å²) in [5.74, 6) is 2.36. The number of nitrogens with one attached hydrogen (secondary N) is 1. The average Bonchev–Trinajstić information content (AvgIpc) is 2.69. The van der Waals surface area contributed by atoms with Crippen LogP contribution in [0, 0.1) is 6.92 Å². The molecule has 4 nitrogen and oxygen atoms in total. The highest BCUT2D eigenvalue weighted by Gasteiger charge is 2.10. The fourth-order valence-corrected chi connectivity index (χ4v) is 3.02. The summed E-state index contributed by atoms with van der Waals surface area (Å²) in [5, 5.41) is 4.42. The van der Waals surface area contributed by atoms with Crippen molar-refractivity contribution >= 4 is 22.4 Å². The Balaban J connectivity index is 1.76. The van der Waals surface area contributed by atoms with Gasteiger partial charge in [0.2, 0.25) is 0 Å². The van der Waals surface area contributed by atoms with Crippen LogP contribution in [0.2, 0.25) is 0 Å². The Morgan fingerprint density at radius 1 is 0.889 bits per heavy atom. The lowest BCUT2D eigenvalue weighted by atomic mass is 10.1.